The number of nitrogens with one attached hydrogen (secondary N) is 1. The van der Waals surface area contributed by atoms with E-state index >= 15 is 0 Å². The maximum atomic E-state index is 13.0. The number of benzene rings is 1. The molecule has 1 fully saturated rings. The summed E-state index contributed by atoms with van der Waals surface area (Å²) in [6.45, 7) is 2.83. The molecule has 0 saturated heterocycles. The van der Waals surface area contributed by atoms with Crippen molar-refractivity contribution in [1.29, 1.82) is 0 Å². The molecular weight excluding hydrogens is 217 g/mol. The first-order valence-electron chi connectivity index (χ1n) is 6.36. The second kappa shape index (κ2) is 5.50. The van der Waals surface area contributed by atoms with Crippen molar-refractivity contribution >= 4 is 0 Å². The Balaban J connectivity index is 1.87. The van der Waals surface area contributed by atoms with Gasteiger partial charge in [-0.25, -0.2) is 4.39 Å². The topological polar surface area (TPSA) is 32.3 Å². The molecule has 0 aliphatic heterocycles. The molecule has 0 atom stereocenters. The Kier molecular flexibility index (Phi) is 4.00. The van der Waals surface area contributed by atoms with Crippen LogP contribution < -0.4 is 5.32 Å². The van der Waals surface area contributed by atoms with Crippen LogP contribution in [-0.2, 0) is 6.54 Å². The Morgan fingerprint density at radius 2 is 2.00 bits per heavy atom. The first-order valence-corrected chi connectivity index (χ1v) is 6.36. The predicted octanol–water partition coefficient (Wildman–Crippen LogP) is 3.20. The largest absolute Gasteiger partial charge is 0.508 e. The molecule has 3 heteroatoms. The lowest BCUT2D eigenvalue weighted by molar-refractivity contribution is 0.305. The molecule has 0 amide bonds. The van der Waals surface area contributed by atoms with Crippen molar-refractivity contribution < 1.29 is 9.50 Å². The molecule has 0 aromatic heterocycles. The molecule has 0 spiro atoms. The van der Waals surface area contributed by atoms with Gasteiger partial charge in [0.15, 0.2) is 0 Å². The molecule has 0 radical (unpaired) electrons. The van der Waals surface area contributed by atoms with Crippen molar-refractivity contribution in [2.75, 3.05) is 0 Å². The number of aromatic hydroxyl groups is 1. The van der Waals surface area contributed by atoms with E-state index in [0.717, 1.165) is 5.92 Å². The van der Waals surface area contributed by atoms with E-state index in [1.165, 1.54) is 43.9 Å². The van der Waals surface area contributed by atoms with Crippen molar-refractivity contribution in [2.24, 2.45) is 5.92 Å². The molecule has 1 aliphatic rings. The van der Waals surface area contributed by atoms with Crippen LogP contribution in [0, 0.1) is 11.7 Å². The van der Waals surface area contributed by atoms with E-state index < -0.39 is 0 Å². The lowest BCUT2D eigenvalue weighted by Crippen LogP contribution is -2.32. The third kappa shape index (κ3) is 3.43. The summed E-state index contributed by atoms with van der Waals surface area (Å²) in [6.07, 6.45) is 4.87. The highest BCUT2D eigenvalue weighted by Gasteiger charge is 2.17. The highest BCUT2D eigenvalue weighted by atomic mass is 19.1. The van der Waals surface area contributed by atoms with Crippen LogP contribution in [0.1, 0.15) is 38.2 Å². The van der Waals surface area contributed by atoms with Gasteiger partial charge in [0.1, 0.15) is 11.6 Å². The molecule has 0 bridgehead atoms. The molecule has 0 unspecified atom stereocenters. The number of phenols is 1. The maximum Gasteiger partial charge on any atom is 0.123 e. The molecule has 2 nitrogen and oxygen atoms in total. The van der Waals surface area contributed by atoms with Crippen molar-refractivity contribution in [1.82, 2.24) is 5.32 Å². The Hall–Kier alpha value is -1.09. The van der Waals surface area contributed by atoms with Crippen molar-refractivity contribution in [3.05, 3.63) is 29.6 Å². The molecule has 17 heavy (non-hydrogen) atoms. The number of hydrogen-bond acceptors (Lipinski definition) is 2. The molecule has 2 N–H and O–H groups in total. The summed E-state index contributed by atoms with van der Waals surface area (Å²) in [7, 11) is 0. The summed E-state index contributed by atoms with van der Waals surface area (Å²) in [4.78, 5) is 0. The van der Waals surface area contributed by atoms with Crippen molar-refractivity contribution in [3.8, 4) is 5.75 Å². The first-order chi connectivity index (χ1) is 8.15. The van der Waals surface area contributed by atoms with Crippen LogP contribution in [-0.4, -0.2) is 11.1 Å². The highest BCUT2D eigenvalue weighted by molar-refractivity contribution is 5.32. The highest BCUT2D eigenvalue weighted by Crippen LogP contribution is 2.24. The van der Waals surface area contributed by atoms with Crippen LogP contribution in [0.2, 0.25) is 0 Å². The van der Waals surface area contributed by atoms with E-state index in [4.69, 9.17) is 0 Å². The standard InChI is InChI=1S/C14H20FNO/c1-10-2-5-13(6-3-10)16-9-11-8-12(15)4-7-14(11)17/h4,7-8,10,13,16-17H,2-3,5-6,9H2,1H3. The summed E-state index contributed by atoms with van der Waals surface area (Å²) in [5.41, 5.74) is 0.642. The molecule has 0 heterocycles. The van der Waals surface area contributed by atoms with Gasteiger partial charge in [0.25, 0.3) is 0 Å². The van der Waals surface area contributed by atoms with Gasteiger partial charge in [-0.1, -0.05) is 6.92 Å². The smallest absolute Gasteiger partial charge is 0.123 e. The van der Waals surface area contributed by atoms with E-state index in [1.807, 2.05) is 0 Å². The Labute approximate surface area is 102 Å². The third-order valence-electron chi connectivity index (χ3n) is 3.64. The van der Waals surface area contributed by atoms with Gasteiger partial charge in [-0.3, -0.25) is 0 Å². The van der Waals surface area contributed by atoms with Crippen LogP contribution in [0.25, 0.3) is 0 Å². The van der Waals surface area contributed by atoms with Gasteiger partial charge in [0, 0.05) is 18.2 Å². The molecule has 2 rings (SSSR count). The van der Waals surface area contributed by atoms with E-state index in [9.17, 15) is 9.50 Å². The molecule has 1 aromatic rings. The Bertz CT molecular complexity index is 372. The lowest BCUT2D eigenvalue weighted by atomic mass is 9.87. The Morgan fingerprint density at radius 1 is 1.29 bits per heavy atom. The van der Waals surface area contributed by atoms with E-state index in [0.29, 0.717) is 18.2 Å². The molecule has 1 aromatic carbocycles. The van der Waals surface area contributed by atoms with Gasteiger partial charge in [-0.05, 0) is 49.8 Å². The van der Waals surface area contributed by atoms with Crippen LogP contribution in [0.3, 0.4) is 0 Å². The predicted molar refractivity (Wildman–Crippen MR) is 66.3 cm³/mol. The molecular formula is C14H20FNO. The van der Waals surface area contributed by atoms with Gasteiger partial charge >= 0.3 is 0 Å². The fourth-order valence-corrected chi connectivity index (χ4v) is 2.41. The molecule has 94 valence electrons. The van der Waals surface area contributed by atoms with E-state index in [2.05, 4.69) is 12.2 Å². The molecule has 1 saturated carbocycles. The molecule has 1 aliphatic carbocycles. The van der Waals surface area contributed by atoms with Gasteiger partial charge in [0.2, 0.25) is 0 Å². The average molecular weight is 237 g/mol. The number of halogens is 1. The number of hydrogen-bond donors (Lipinski definition) is 2. The average Bonchev–Trinajstić information content (AvgIpc) is 2.32. The van der Waals surface area contributed by atoms with Crippen LogP contribution >= 0.6 is 0 Å². The number of rotatable bonds is 3. The minimum atomic E-state index is -0.295. The van der Waals surface area contributed by atoms with Gasteiger partial charge < -0.3 is 10.4 Å². The SMILES string of the molecule is CC1CCC(NCc2cc(F)ccc2O)CC1. The maximum absolute atomic E-state index is 13.0. The number of phenolic OH excluding ortho intramolecular Hbond substituents is 1. The summed E-state index contributed by atoms with van der Waals surface area (Å²) in [5, 5.41) is 13.0. The quantitative estimate of drug-likeness (QED) is 0.846. The van der Waals surface area contributed by atoms with E-state index in [1.54, 1.807) is 0 Å². The van der Waals surface area contributed by atoms with Crippen LogP contribution in [0.5, 0.6) is 5.75 Å². The van der Waals surface area contributed by atoms with Gasteiger partial charge in [-0.2, -0.15) is 0 Å². The summed E-state index contributed by atoms with van der Waals surface area (Å²) in [6, 6.07) is 4.60. The second-order valence-corrected chi connectivity index (χ2v) is 5.11. The monoisotopic (exact) mass is 237 g/mol. The zero-order valence-electron chi connectivity index (χ0n) is 10.2. The summed E-state index contributed by atoms with van der Waals surface area (Å²) >= 11 is 0. The summed E-state index contributed by atoms with van der Waals surface area (Å²) in [5.74, 6) is 0.704. The Morgan fingerprint density at radius 3 is 2.71 bits per heavy atom. The van der Waals surface area contributed by atoms with E-state index in [-0.39, 0.29) is 11.6 Å². The summed E-state index contributed by atoms with van der Waals surface area (Å²) < 4.78 is 13.0. The second-order valence-electron chi connectivity index (χ2n) is 5.11. The third-order valence-corrected chi connectivity index (χ3v) is 3.64. The van der Waals surface area contributed by atoms with Crippen LogP contribution in [0.4, 0.5) is 4.39 Å². The van der Waals surface area contributed by atoms with Crippen molar-refractivity contribution in [2.45, 2.75) is 45.2 Å². The van der Waals surface area contributed by atoms with Gasteiger partial charge in [-0.15, -0.1) is 0 Å². The first kappa shape index (κ1) is 12.4. The lowest BCUT2D eigenvalue weighted by Gasteiger charge is -2.27. The normalized spacial score (nSPS) is 24.8. The zero-order chi connectivity index (χ0) is 12.3. The minimum Gasteiger partial charge on any atom is -0.508 e. The van der Waals surface area contributed by atoms with Gasteiger partial charge in [0.05, 0.1) is 0 Å². The fraction of sp³-hybridized carbons (Fsp3) is 0.571. The zero-order valence-corrected chi connectivity index (χ0v) is 10.2. The minimum absolute atomic E-state index is 0.170. The van der Waals surface area contributed by atoms with Crippen LogP contribution in [0.15, 0.2) is 18.2 Å². The fourth-order valence-electron chi connectivity index (χ4n) is 2.41. The van der Waals surface area contributed by atoms with Crippen molar-refractivity contribution in [3.63, 3.8) is 0 Å².